The zero-order chi connectivity index (χ0) is 11.5. The van der Waals surface area contributed by atoms with Gasteiger partial charge in [-0.2, -0.15) is 0 Å². The van der Waals surface area contributed by atoms with Crippen molar-refractivity contribution < 1.29 is 4.79 Å². The highest BCUT2D eigenvalue weighted by atomic mass is 79.9. The van der Waals surface area contributed by atoms with Crippen LogP contribution >= 0.6 is 27.5 Å². The van der Waals surface area contributed by atoms with Gasteiger partial charge in [0.25, 0.3) is 0 Å². The number of hydrogen-bond donors (Lipinski definition) is 0. The molecule has 1 saturated heterocycles. The SMILES string of the molecule is O=C(Cc1ccc(Br)cc1)N1CCC(Cl)C1. The second-order valence-electron chi connectivity index (χ2n) is 4.03. The van der Waals surface area contributed by atoms with E-state index in [0.29, 0.717) is 13.0 Å². The maximum absolute atomic E-state index is 11.9. The maximum atomic E-state index is 11.9. The largest absolute Gasteiger partial charge is 0.341 e. The molecule has 86 valence electrons. The summed E-state index contributed by atoms with van der Waals surface area (Å²) >= 11 is 9.35. The van der Waals surface area contributed by atoms with Gasteiger partial charge >= 0.3 is 0 Å². The fourth-order valence-corrected chi connectivity index (χ4v) is 2.36. The molecule has 16 heavy (non-hydrogen) atoms. The summed E-state index contributed by atoms with van der Waals surface area (Å²) in [5.74, 6) is 0.172. The van der Waals surface area contributed by atoms with Crippen molar-refractivity contribution in [1.82, 2.24) is 4.90 Å². The van der Waals surface area contributed by atoms with Crippen LogP contribution in [0.25, 0.3) is 0 Å². The van der Waals surface area contributed by atoms with Crippen LogP contribution in [0.2, 0.25) is 0 Å². The van der Waals surface area contributed by atoms with Gasteiger partial charge in [0.15, 0.2) is 0 Å². The Labute approximate surface area is 109 Å². The third-order valence-corrected chi connectivity index (χ3v) is 3.64. The van der Waals surface area contributed by atoms with Crippen LogP contribution in [0.1, 0.15) is 12.0 Å². The lowest BCUT2D eigenvalue weighted by Crippen LogP contribution is -2.30. The molecule has 2 nitrogen and oxygen atoms in total. The summed E-state index contributed by atoms with van der Waals surface area (Å²) in [6, 6.07) is 7.85. The summed E-state index contributed by atoms with van der Waals surface area (Å²) < 4.78 is 1.03. The highest BCUT2D eigenvalue weighted by Crippen LogP contribution is 2.17. The van der Waals surface area contributed by atoms with Crippen molar-refractivity contribution in [2.24, 2.45) is 0 Å². The monoisotopic (exact) mass is 301 g/mol. The Kier molecular flexibility index (Phi) is 3.87. The summed E-state index contributed by atoms with van der Waals surface area (Å²) in [4.78, 5) is 13.7. The molecule has 4 heteroatoms. The number of likely N-dealkylation sites (tertiary alicyclic amines) is 1. The van der Waals surface area contributed by atoms with Gasteiger partial charge in [0, 0.05) is 17.6 Å². The van der Waals surface area contributed by atoms with Crippen molar-refractivity contribution in [2.75, 3.05) is 13.1 Å². The van der Waals surface area contributed by atoms with Crippen molar-refractivity contribution in [3.8, 4) is 0 Å². The van der Waals surface area contributed by atoms with Crippen molar-refractivity contribution in [3.63, 3.8) is 0 Å². The van der Waals surface area contributed by atoms with Crippen LogP contribution in [0.4, 0.5) is 0 Å². The molecule has 0 aliphatic carbocycles. The maximum Gasteiger partial charge on any atom is 0.227 e. The van der Waals surface area contributed by atoms with E-state index in [-0.39, 0.29) is 11.3 Å². The van der Waals surface area contributed by atoms with Gasteiger partial charge in [0.05, 0.1) is 11.8 Å². The molecule has 1 unspecified atom stereocenters. The quantitative estimate of drug-likeness (QED) is 0.769. The number of hydrogen-bond acceptors (Lipinski definition) is 1. The lowest BCUT2D eigenvalue weighted by Gasteiger charge is -2.15. The van der Waals surface area contributed by atoms with Crippen LogP contribution in [0.3, 0.4) is 0 Å². The van der Waals surface area contributed by atoms with Gasteiger partial charge in [0.2, 0.25) is 5.91 Å². The minimum Gasteiger partial charge on any atom is -0.341 e. The molecule has 0 bridgehead atoms. The van der Waals surface area contributed by atoms with Crippen molar-refractivity contribution in [3.05, 3.63) is 34.3 Å². The molecule has 1 atom stereocenters. The van der Waals surface area contributed by atoms with E-state index in [2.05, 4.69) is 15.9 Å². The van der Waals surface area contributed by atoms with Crippen LogP contribution in [0.5, 0.6) is 0 Å². The van der Waals surface area contributed by atoms with Crippen LogP contribution < -0.4 is 0 Å². The van der Waals surface area contributed by atoms with E-state index in [9.17, 15) is 4.79 Å². The average Bonchev–Trinajstić information content (AvgIpc) is 2.68. The Hall–Kier alpha value is -0.540. The van der Waals surface area contributed by atoms with Gasteiger partial charge in [-0.25, -0.2) is 0 Å². The summed E-state index contributed by atoms with van der Waals surface area (Å²) in [7, 11) is 0. The minimum absolute atomic E-state index is 0.133. The molecule has 0 N–H and O–H groups in total. The third-order valence-electron chi connectivity index (χ3n) is 2.75. The molecule has 1 aliphatic rings. The van der Waals surface area contributed by atoms with Crippen LogP contribution in [-0.4, -0.2) is 29.3 Å². The van der Waals surface area contributed by atoms with E-state index in [1.165, 1.54) is 0 Å². The van der Waals surface area contributed by atoms with Crippen molar-refractivity contribution in [1.29, 1.82) is 0 Å². The Balaban J connectivity index is 1.94. The number of halogens is 2. The topological polar surface area (TPSA) is 20.3 Å². The normalized spacial score (nSPS) is 20.1. The fourth-order valence-electron chi connectivity index (χ4n) is 1.83. The standard InChI is InChI=1S/C12H13BrClNO/c13-10-3-1-9(2-4-10)7-12(16)15-6-5-11(14)8-15/h1-4,11H,5-8H2. The molecule has 1 aliphatic heterocycles. The summed E-state index contributed by atoms with van der Waals surface area (Å²) in [6.07, 6.45) is 1.38. The predicted octanol–water partition coefficient (Wildman–Crippen LogP) is 2.83. The number of nitrogens with zero attached hydrogens (tertiary/aromatic N) is 1. The lowest BCUT2D eigenvalue weighted by molar-refractivity contribution is -0.129. The Morgan fingerprint density at radius 3 is 2.69 bits per heavy atom. The molecular weight excluding hydrogens is 289 g/mol. The molecule has 2 rings (SSSR count). The second-order valence-corrected chi connectivity index (χ2v) is 5.56. The Bertz CT molecular complexity index is 379. The van der Waals surface area contributed by atoms with E-state index < -0.39 is 0 Å². The van der Waals surface area contributed by atoms with Crippen molar-refractivity contribution in [2.45, 2.75) is 18.2 Å². The smallest absolute Gasteiger partial charge is 0.227 e. The zero-order valence-electron chi connectivity index (χ0n) is 8.83. The minimum atomic E-state index is 0.133. The first-order chi connectivity index (χ1) is 7.65. The molecule has 0 spiro atoms. The van der Waals surface area contributed by atoms with Crippen LogP contribution in [0.15, 0.2) is 28.7 Å². The lowest BCUT2D eigenvalue weighted by atomic mass is 10.1. The Morgan fingerprint density at radius 1 is 1.44 bits per heavy atom. The van der Waals surface area contributed by atoms with Gasteiger partial charge < -0.3 is 4.90 Å². The molecule has 1 aromatic carbocycles. The highest BCUT2D eigenvalue weighted by Gasteiger charge is 2.24. The van der Waals surface area contributed by atoms with Gasteiger partial charge in [-0.1, -0.05) is 28.1 Å². The zero-order valence-corrected chi connectivity index (χ0v) is 11.2. The summed E-state index contributed by atoms with van der Waals surface area (Å²) in [5, 5.41) is 0.133. The van der Waals surface area contributed by atoms with Gasteiger partial charge in [-0.15, -0.1) is 11.6 Å². The predicted molar refractivity (Wildman–Crippen MR) is 68.7 cm³/mol. The molecule has 0 saturated carbocycles. The molecule has 1 heterocycles. The van der Waals surface area contributed by atoms with E-state index >= 15 is 0 Å². The molecule has 1 aromatic rings. The molecular formula is C12H13BrClNO. The van der Waals surface area contributed by atoms with Gasteiger partial charge in [0.1, 0.15) is 0 Å². The third kappa shape index (κ3) is 2.98. The molecule has 1 amide bonds. The first kappa shape index (κ1) is 11.9. The number of carbonyl (C=O) groups is 1. The summed E-state index contributed by atoms with van der Waals surface area (Å²) in [6.45, 7) is 1.49. The fraction of sp³-hybridized carbons (Fsp3) is 0.417. The Morgan fingerprint density at radius 2 is 2.12 bits per heavy atom. The van der Waals surface area contributed by atoms with E-state index in [0.717, 1.165) is 23.0 Å². The van der Waals surface area contributed by atoms with Gasteiger partial charge in [-0.3, -0.25) is 4.79 Å². The first-order valence-electron chi connectivity index (χ1n) is 5.31. The summed E-state index contributed by atoms with van der Waals surface area (Å²) in [5.41, 5.74) is 1.05. The number of rotatable bonds is 2. The highest BCUT2D eigenvalue weighted by molar-refractivity contribution is 9.10. The number of amides is 1. The first-order valence-corrected chi connectivity index (χ1v) is 6.54. The average molecular weight is 303 g/mol. The molecule has 0 aromatic heterocycles. The number of carbonyl (C=O) groups excluding carboxylic acids is 1. The van der Waals surface area contributed by atoms with Crippen LogP contribution in [0, 0.1) is 0 Å². The van der Waals surface area contributed by atoms with E-state index in [1.807, 2.05) is 29.2 Å². The number of benzene rings is 1. The van der Waals surface area contributed by atoms with Crippen LogP contribution in [-0.2, 0) is 11.2 Å². The second kappa shape index (κ2) is 5.19. The molecule has 1 fully saturated rings. The van der Waals surface area contributed by atoms with Crippen molar-refractivity contribution >= 4 is 33.4 Å². The molecule has 0 radical (unpaired) electrons. The van der Waals surface area contributed by atoms with Gasteiger partial charge in [-0.05, 0) is 24.1 Å². The number of alkyl halides is 1. The van der Waals surface area contributed by atoms with E-state index in [1.54, 1.807) is 0 Å². The van der Waals surface area contributed by atoms with E-state index in [4.69, 9.17) is 11.6 Å².